The summed E-state index contributed by atoms with van der Waals surface area (Å²) in [6.07, 6.45) is 10.1. The van der Waals surface area contributed by atoms with Crippen LogP contribution in [0.25, 0.3) is 0 Å². The number of rotatable bonds is 4. The number of hydrogen-bond acceptors (Lipinski definition) is 6. The fourth-order valence-electron chi connectivity index (χ4n) is 5.31. The maximum absolute atomic E-state index is 10.2. The molecule has 2 N–H and O–H groups in total. The normalized spacial score (nSPS) is 20.9. The quantitative estimate of drug-likeness (QED) is 0.381. The minimum absolute atomic E-state index is 0. The smallest absolute Gasteiger partial charge is 0.550 e. The summed E-state index contributed by atoms with van der Waals surface area (Å²) in [5.41, 5.74) is 2.76. The molecular weight excluding hydrogens is 631 g/mol. The van der Waals surface area contributed by atoms with Gasteiger partial charge in [0.05, 0.1) is 0 Å². The molecule has 2 unspecified atom stereocenters. The van der Waals surface area contributed by atoms with Gasteiger partial charge in [-0.1, -0.05) is 72.5 Å². The second-order valence-corrected chi connectivity index (χ2v) is 11.0. The van der Waals surface area contributed by atoms with Crippen LogP contribution in [-0.4, -0.2) is 38.1 Å². The van der Waals surface area contributed by atoms with E-state index in [1.165, 1.54) is 36.8 Å². The third kappa shape index (κ3) is 14.4. The molecule has 0 amide bonds. The van der Waals surface area contributed by atoms with Crippen molar-refractivity contribution in [1.29, 1.82) is 0 Å². The third-order valence-electron chi connectivity index (χ3n) is 7.89. The van der Waals surface area contributed by atoms with Crippen molar-refractivity contribution in [1.82, 2.24) is 10.6 Å². The van der Waals surface area contributed by atoms with Gasteiger partial charge in [-0.05, 0) is 88.7 Å². The average molecular weight is 675 g/mol. The number of carboxylic acids is 2. The SMILES string of the molecule is C1#CC(c2ccccc2)CCC1.C1#CC(c2ccccc2)CCC1.O=C([O-])C1CCNCC1.O=C([O-])C1CCNCC1.[Pd+2]. The number of nitrogens with one attached hydrogen (secondary N) is 2. The first kappa shape index (κ1) is 36.3. The van der Waals surface area contributed by atoms with Crippen LogP contribution in [0.2, 0.25) is 0 Å². The van der Waals surface area contributed by atoms with Crippen LogP contribution in [0.5, 0.6) is 0 Å². The number of carboxylic acid groups (broad SMARTS) is 2. The van der Waals surface area contributed by atoms with Crippen molar-refractivity contribution >= 4 is 11.9 Å². The fraction of sp³-hybridized carbons (Fsp3) is 0.500. The van der Waals surface area contributed by atoms with Crippen molar-refractivity contribution in [2.24, 2.45) is 11.8 Å². The van der Waals surface area contributed by atoms with Crippen LogP contribution in [0, 0.1) is 35.5 Å². The summed E-state index contributed by atoms with van der Waals surface area (Å²) in [6, 6.07) is 21.2. The Kier molecular flexibility index (Phi) is 18.3. The predicted molar refractivity (Wildman–Crippen MR) is 163 cm³/mol. The van der Waals surface area contributed by atoms with E-state index >= 15 is 0 Å². The molecule has 2 aliphatic heterocycles. The molecule has 0 aromatic heterocycles. The van der Waals surface area contributed by atoms with Gasteiger partial charge in [-0.3, -0.25) is 0 Å². The zero-order chi connectivity index (χ0) is 29.8. The minimum Gasteiger partial charge on any atom is -0.550 e. The first-order chi connectivity index (χ1) is 20.5. The Bertz CT molecular complexity index is 1090. The summed E-state index contributed by atoms with van der Waals surface area (Å²) in [4.78, 5) is 20.4. The van der Waals surface area contributed by atoms with Crippen molar-refractivity contribution in [3.63, 3.8) is 0 Å². The van der Waals surface area contributed by atoms with Crippen LogP contribution in [0.4, 0.5) is 0 Å². The fourth-order valence-corrected chi connectivity index (χ4v) is 5.31. The summed E-state index contributed by atoms with van der Waals surface area (Å²) in [5, 5.41) is 26.6. The van der Waals surface area contributed by atoms with Crippen LogP contribution in [0.15, 0.2) is 60.7 Å². The van der Waals surface area contributed by atoms with E-state index in [1.54, 1.807) is 0 Å². The zero-order valence-electron chi connectivity index (χ0n) is 24.9. The van der Waals surface area contributed by atoms with E-state index in [0.717, 1.165) is 64.7 Å². The topological polar surface area (TPSA) is 104 Å². The van der Waals surface area contributed by atoms with Crippen molar-refractivity contribution < 1.29 is 40.2 Å². The van der Waals surface area contributed by atoms with E-state index in [4.69, 9.17) is 0 Å². The zero-order valence-corrected chi connectivity index (χ0v) is 26.5. The van der Waals surface area contributed by atoms with E-state index in [-0.39, 0.29) is 32.3 Å². The van der Waals surface area contributed by atoms with Crippen LogP contribution >= 0.6 is 0 Å². The van der Waals surface area contributed by atoms with Gasteiger partial charge in [-0.25, -0.2) is 0 Å². The third-order valence-corrected chi connectivity index (χ3v) is 7.89. The number of benzene rings is 2. The van der Waals surface area contributed by atoms with Crippen LogP contribution in [0.1, 0.15) is 87.2 Å². The Morgan fingerprint density at radius 2 is 0.930 bits per heavy atom. The summed E-state index contributed by atoms with van der Waals surface area (Å²) in [6.45, 7) is 3.27. The van der Waals surface area contributed by atoms with Gasteiger partial charge in [0.1, 0.15) is 0 Å². The molecule has 2 aromatic carbocycles. The molecule has 0 bridgehead atoms. The minimum atomic E-state index is -0.892. The van der Waals surface area contributed by atoms with E-state index in [0.29, 0.717) is 11.8 Å². The van der Waals surface area contributed by atoms with Gasteiger partial charge in [0, 0.05) is 48.5 Å². The van der Waals surface area contributed by atoms with Crippen LogP contribution < -0.4 is 20.8 Å². The van der Waals surface area contributed by atoms with Crippen molar-refractivity contribution in [3.05, 3.63) is 71.8 Å². The second-order valence-electron chi connectivity index (χ2n) is 11.0. The van der Waals surface area contributed by atoms with E-state index in [2.05, 4.69) is 95.0 Å². The molecule has 0 saturated carbocycles. The van der Waals surface area contributed by atoms with Gasteiger partial charge in [0.25, 0.3) is 0 Å². The van der Waals surface area contributed by atoms with Gasteiger partial charge < -0.3 is 30.4 Å². The first-order valence-corrected chi connectivity index (χ1v) is 15.4. The molecule has 232 valence electrons. The van der Waals surface area contributed by atoms with Crippen molar-refractivity contribution in [2.75, 3.05) is 26.2 Å². The predicted octanol–water partition coefficient (Wildman–Crippen LogP) is 3.38. The average Bonchev–Trinajstić information content (AvgIpc) is 3.08. The van der Waals surface area contributed by atoms with E-state index in [1.807, 2.05) is 0 Å². The van der Waals surface area contributed by atoms with Gasteiger partial charge >= 0.3 is 20.4 Å². The van der Waals surface area contributed by atoms with Crippen LogP contribution in [0.3, 0.4) is 0 Å². The first-order valence-electron chi connectivity index (χ1n) is 15.4. The number of piperidine rings is 2. The molecule has 7 heteroatoms. The largest absolute Gasteiger partial charge is 2.00 e. The Labute approximate surface area is 271 Å². The summed E-state index contributed by atoms with van der Waals surface area (Å²) >= 11 is 0. The molecule has 6 rings (SSSR count). The van der Waals surface area contributed by atoms with Crippen molar-refractivity contribution in [3.8, 4) is 23.7 Å². The molecule has 2 saturated heterocycles. The Morgan fingerprint density at radius 3 is 1.19 bits per heavy atom. The second kappa shape index (κ2) is 21.7. The molecular formula is C36H44N2O4Pd. The molecule has 0 radical (unpaired) electrons. The molecule has 0 spiro atoms. The molecule has 2 aliphatic carbocycles. The molecule has 6 nitrogen and oxygen atoms in total. The number of aliphatic carboxylic acids is 2. The van der Waals surface area contributed by atoms with E-state index in [9.17, 15) is 19.8 Å². The Balaban J connectivity index is 0.000000201. The number of carbonyl (C=O) groups excluding carboxylic acids is 2. The van der Waals surface area contributed by atoms with E-state index < -0.39 is 11.9 Å². The molecule has 2 heterocycles. The standard InChI is InChI=1S/2C12H12.2C6H11NO2.Pd/c2*1-3-7-11(8-4-1)12-9-5-2-6-10-12;2*8-6(9)5-1-3-7-4-2-5;/h2*1,3-4,7-8,12H,2,5,9H2;2*5,7H,1-4H2,(H,8,9);/q;;;;+2/p-2. The Hall–Kier alpha value is -2.92. The molecule has 2 fully saturated rings. The molecule has 4 aliphatic rings. The number of carbonyl (C=O) groups is 2. The summed E-state index contributed by atoms with van der Waals surface area (Å²) < 4.78 is 0. The summed E-state index contributed by atoms with van der Waals surface area (Å²) in [5.74, 6) is 11.7. The maximum Gasteiger partial charge on any atom is 2.00 e. The van der Waals surface area contributed by atoms with Crippen LogP contribution in [-0.2, 0) is 30.0 Å². The Morgan fingerprint density at radius 1 is 0.581 bits per heavy atom. The molecule has 43 heavy (non-hydrogen) atoms. The molecule has 2 aromatic rings. The van der Waals surface area contributed by atoms with Gasteiger partial charge in [-0.15, -0.1) is 11.8 Å². The van der Waals surface area contributed by atoms with Crippen molar-refractivity contribution in [2.45, 2.75) is 76.0 Å². The van der Waals surface area contributed by atoms with Gasteiger partial charge in [0.2, 0.25) is 0 Å². The molecule has 2 atom stereocenters. The monoisotopic (exact) mass is 674 g/mol. The van der Waals surface area contributed by atoms with Gasteiger partial charge in [0.15, 0.2) is 0 Å². The number of hydrogen-bond donors (Lipinski definition) is 2. The maximum atomic E-state index is 10.2. The summed E-state index contributed by atoms with van der Waals surface area (Å²) in [7, 11) is 0. The van der Waals surface area contributed by atoms with Gasteiger partial charge in [-0.2, -0.15) is 0 Å².